The largest absolute Gasteiger partial charge is 0.342 e. The summed E-state index contributed by atoms with van der Waals surface area (Å²) in [5.41, 5.74) is 1.46. The number of anilines is 1. The molecule has 1 aromatic heterocycles. The zero-order chi connectivity index (χ0) is 15.1. The monoisotopic (exact) mass is 280 g/mol. The fourth-order valence-electron chi connectivity index (χ4n) is 1.61. The molecule has 0 spiro atoms. The number of nitrogens with one attached hydrogen (secondary N) is 2. The Morgan fingerprint density at radius 2 is 2.00 bits per heavy atom. The summed E-state index contributed by atoms with van der Waals surface area (Å²) in [6.07, 6.45) is 1.61. The van der Waals surface area contributed by atoms with Gasteiger partial charge < -0.3 is 10.6 Å². The summed E-state index contributed by atoms with van der Waals surface area (Å²) in [4.78, 5) is 27.4. The van der Waals surface area contributed by atoms with Crippen molar-refractivity contribution in [3.8, 4) is 6.07 Å². The van der Waals surface area contributed by atoms with E-state index in [4.69, 9.17) is 5.26 Å². The van der Waals surface area contributed by atoms with Gasteiger partial charge in [0.15, 0.2) is 0 Å². The summed E-state index contributed by atoms with van der Waals surface area (Å²) in [7, 11) is 0. The smallest absolute Gasteiger partial charge is 0.313 e. The van der Waals surface area contributed by atoms with E-state index in [2.05, 4.69) is 15.6 Å². The summed E-state index contributed by atoms with van der Waals surface area (Å²) in [6, 6.07) is 13.6. The van der Waals surface area contributed by atoms with Crippen LogP contribution < -0.4 is 10.6 Å². The van der Waals surface area contributed by atoms with Crippen LogP contribution in [-0.4, -0.2) is 16.8 Å². The molecule has 6 heteroatoms. The van der Waals surface area contributed by atoms with Crippen molar-refractivity contribution in [1.29, 1.82) is 5.26 Å². The van der Waals surface area contributed by atoms with Gasteiger partial charge in [0.2, 0.25) is 0 Å². The molecule has 2 aromatic rings. The van der Waals surface area contributed by atoms with Gasteiger partial charge >= 0.3 is 11.8 Å². The second-order valence-electron chi connectivity index (χ2n) is 4.15. The number of hydrogen-bond acceptors (Lipinski definition) is 4. The fourth-order valence-corrected chi connectivity index (χ4v) is 1.61. The van der Waals surface area contributed by atoms with Crippen LogP contribution in [0.2, 0.25) is 0 Å². The molecule has 0 fully saturated rings. The molecule has 0 saturated heterocycles. The molecule has 2 amide bonds. The maximum Gasteiger partial charge on any atom is 0.313 e. The summed E-state index contributed by atoms with van der Waals surface area (Å²) >= 11 is 0. The second-order valence-corrected chi connectivity index (χ2v) is 4.15. The molecule has 0 aliphatic heterocycles. The lowest BCUT2D eigenvalue weighted by Crippen LogP contribution is -2.35. The Bertz CT molecular complexity index is 692. The van der Waals surface area contributed by atoms with Gasteiger partial charge in [-0.2, -0.15) is 5.26 Å². The van der Waals surface area contributed by atoms with Gasteiger partial charge in [-0.3, -0.25) is 14.6 Å². The molecule has 2 rings (SSSR count). The van der Waals surface area contributed by atoms with Crippen molar-refractivity contribution in [2.24, 2.45) is 0 Å². The highest BCUT2D eigenvalue weighted by Gasteiger charge is 2.13. The molecular weight excluding hydrogens is 268 g/mol. The Morgan fingerprint density at radius 1 is 1.14 bits per heavy atom. The third-order valence-electron chi connectivity index (χ3n) is 2.61. The summed E-state index contributed by atoms with van der Waals surface area (Å²) in [5.74, 6) is -1.55. The normalized spacial score (nSPS) is 9.48. The van der Waals surface area contributed by atoms with E-state index < -0.39 is 11.8 Å². The second kappa shape index (κ2) is 6.82. The van der Waals surface area contributed by atoms with Gasteiger partial charge in [-0.15, -0.1) is 0 Å². The Morgan fingerprint density at radius 3 is 2.71 bits per heavy atom. The molecule has 0 aliphatic carbocycles. The van der Waals surface area contributed by atoms with Gasteiger partial charge in [-0.1, -0.05) is 12.1 Å². The predicted molar refractivity (Wildman–Crippen MR) is 75.9 cm³/mol. The Hall–Kier alpha value is -3.20. The van der Waals surface area contributed by atoms with Crippen LogP contribution in [0.1, 0.15) is 11.3 Å². The highest BCUT2D eigenvalue weighted by atomic mass is 16.2. The minimum Gasteiger partial charge on any atom is -0.342 e. The van der Waals surface area contributed by atoms with Crippen LogP contribution in [-0.2, 0) is 16.1 Å². The molecule has 6 nitrogen and oxygen atoms in total. The van der Waals surface area contributed by atoms with Crippen LogP contribution in [0.5, 0.6) is 0 Å². The Labute approximate surface area is 121 Å². The average Bonchev–Trinajstić information content (AvgIpc) is 2.53. The molecule has 0 saturated carbocycles. The average molecular weight is 280 g/mol. The number of aromatic nitrogens is 1. The van der Waals surface area contributed by atoms with Crippen molar-refractivity contribution >= 4 is 17.5 Å². The first-order chi connectivity index (χ1) is 10.2. The maximum absolute atomic E-state index is 11.7. The molecular formula is C15H12N4O2. The fraction of sp³-hybridized carbons (Fsp3) is 0.0667. The Kier molecular flexibility index (Phi) is 4.62. The standard InChI is InChI=1S/C15H12N4O2/c16-9-11-4-3-6-12(8-11)19-15(21)14(20)18-10-13-5-1-2-7-17-13/h1-8H,10H2,(H,18,20)(H,19,21). The topological polar surface area (TPSA) is 94.9 Å². The van der Waals surface area contributed by atoms with Crippen molar-refractivity contribution in [1.82, 2.24) is 10.3 Å². The number of hydrogen-bond donors (Lipinski definition) is 2. The van der Waals surface area contributed by atoms with Gasteiger partial charge in [0.25, 0.3) is 0 Å². The van der Waals surface area contributed by atoms with Crippen LogP contribution in [0, 0.1) is 11.3 Å². The molecule has 2 N–H and O–H groups in total. The van der Waals surface area contributed by atoms with Gasteiger partial charge in [0.1, 0.15) is 0 Å². The molecule has 1 aromatic carbocycles. The highest BCUT2D eigenvalue weighted by molar-refractivity contribution is 6.39. The van der Waals surface area contributed by atoms with Crippen LogP contribution in [0.4, 0.5) is 5.69 Å². The number of benzene rings is 1. The van der Waals surface area contributed by atoms with E-state index in [1.807, 2.05) is 6.07 Å². The number of amides is 2. The van der Waals surface area contributed by atoms with Gasteiger partial charge in [0.05, 0.1) is 23.9 Å². The van der Waals surface area contributed by atoms with E-state index >= 15 is 0 Å². The van der Waals surface area contributed by atoms with E-state index in [0.29, 0.717) is 16.9 Å². The van der Waals surface area contributed by atoms with Gasteiger partial charge in [-0.25, -0.2) is 0 Å². The molecule has 0 atom stereocenters. The molecule has 0 radical (unpaired) electrons. The van der Waals surface area contributed by atoms with Crippen molar-refractivity contribution in [2.45, 2.75) is 6.54 Å². The zero-order valence-corrected chi connectivity index (χ0v) is 11.0. The van der Waals surface area contributed by atoms with Crippen LogP contribution >= 0.6 is 0 Å². The van der Waals surface area contributed by atoms with E-state index in [0.717, 1.165) is 0 Å². The summed E-state index contributed by atoms with van der Waals surface area (Å²) < 4.78 is 0. The lowest BCUT2D eigenvalue weighted by Gasteiger charge is -2.06. The minimum absolute atomic E-state index is 0.172. The minimum atomic E-state index is -0.791. The first-order valence-corrected chi connectivity index (χ1v) is 6.18. The quantitative estimate of drug-likeness (QED) is 0.826. The van der Waals surface area contributed by atoms with Crippen molar-refractivity contribution < 1.29 is 9.59 Å². The number of rotatable bonds is 3. The molecule has 104 valence electrons. The predicted octanol–water partition coefficient (Wildman–Crippen LogP) is 1.21. The Balaban J connectivity index is 1.91. The summed E-state index contributed by atoms with van der Waals surface area (Å²) in [6.45, 7) is 0.172. The van der Waals surface area contributed by atoms with Crippen LogP contribution in [0.3, 0.4) is 0 Å². The lowest BCUT2D eigenvalue weighted by atomic mass is 10.2. The van der Waals surface area contributed by atoms with Crippen molar-refractivity contribution in [2.75, 3.05) is 5.32 Å². The number of pyridine rings is 1. The SMILES string of the molecule is N#Cc1cccc(NC(=O)C(=O)NCc2ccccn2)c1. The molecule has 1 heterocycles. The van der Waals surface area contributed by atoms with Gasteiger partial charge in [-0.05, 0) is 30.3 Å². The van der Waals surface area contributed by atoms with Crippen molar-refractivity contribution in [3.05, 3.63) is 59.9 Å². The molecule has 21 heavy (non-hydrogen) atoms. The van der Waals surface area contributed by atoms with E-state index in [1.165, 1.54) is 6.07 Å². The van der Waals surface area contributed by atoms with Crippen molar-refractivity contribution in [3.63, 3.8) is 0 Å². The maximum atomic E-state index is 11.7. The summed E-state index contributed by atoms with van der Waals surface area (Å²) in [5, 5.41) is 13.7. The number of carbonyl (C=O) groups is 2. The number of carbonyl (C=O) groups excluding carboxylic acids is 2. The number of nitrogens with zero attached hydrogens (tertiary/aromatic N) is 2. The third kappa shape index (κ3) is 4.14. The third-order valence-corrected chi connectivity index (χ3v) is 2.61. The first-order valence-electron chi connectivity index (χ1n) is 6.18. The van der Waals surface area contributed by atoms with Crippen LogP contribution in [0.25, 0.3) is 0 Å². The van der Waals surface area contributed by atoms with E-state index in [-0.39, 0.29) is 6.54 Å². The number of nitriles is 1. The van der Waals surface area contributed by atoms with Gasteiger partial charge in [0, 0.05) is 11.9 Å². The molecule has 0 bridgehead atoms. The first kappa shape index (κ1) is 14.2. The van der Waals surface area contributed by atoms with E-state index in [1.54, 1.807) is 42.6 Å². The highest BCUT2D eigenvalue weighted by Crippen LogP contribution is 2.09. The lowest BCUT2D eigenvalue weighted by molar-refractivity contribution is -0.136. The molecule has 0 unspecified atom stereocenters. The van der Waals surface area contributed by atoms with E-state index in [9.17, 15) is 9.59 Å². The molecule has 0 aliphatic rings. The zero-order valence-electron chi connectivity index (χ0n) is 11.0. The van der Waals surface area contributed by atoms with Crippen LogP contribution in [0.15, 0.2) is 48.7 Å².